The van der Waals surface area contributed by atoms with Crippen LogP contribution in [0.3, 0.4) is 0 Å². The van der Waals surface area contributed by atoms with Crippen LogP contribution in [-0.2, 0) is 0 Å². The average molecular weight is 231 g/mol. The van der Waals surface area contributed by atoms with Crippen LogP contribution in [0, 0.1) is 13.8 Å². The van der Waals surface area contributed by atoms with E-state index < -0.39 is 5.97 Å². The SMILES string of the molecule is CC(=O)c1c(C)[nH]c2c(C(=O)O)c(C)ccc12. The van der Waals surface area contributed by atoms with E-state index in [9.17, 15) is 14.7 Å². The van der Waals surface area contributed by atoms with Gasteiger partial charge in [0.15, 0.2) is 5.78 Å². The number of benzene rings is 1. The Kier molecular flexibility index (Phi) is 2.50. The number of aromatic nitrogens is 1. The summed E-state index contributed by atoms with van der Waals surface area (Å²) in [5.74, 6) is -1.04. The van der Waals surface area contributed by atoms with E-state index in [1.807, 2.05) is 0 Å². The highest BCUT2D eigenvalue weighted by molar-refractivity contribution is 6.13. The Labute approximate surface area is 98.3 Å². The van der Waals surface area contributed by atoms with Gasteiger partial charge in [-0.15, -0.1) is 0 Å². The molecule has 0 fully saturated rings. The number of aromatic amines is 1. The van der Waals surface area contributed by atoms with Gasteiger partial charge in [-0.2, -0.15) is 0 Å². The van der Waals surface area contributed by atoms with Crippen molar-refractivity contribution in [2.75, 3.05) is 0 Å². The predicted octanol–water partition coefficient (Wildman–Crippen LogP) is 2.69. The molecule has 0 saturated heterocycles. The standard InChI is InChI=1S/C13H13NO3/c1-6-4-5-9-11(8(3)15)7(2)14-12(9)10(6)13(16)17/h4-5,14H,1-3H3,(H,16,17). The molecule has 4 heteroatoms. The highest BCUT2D eigenvalue weighted by Gasteiger charge is 2.19. The van der Waals surface area contributed by atoms with Gasteiger partial charge >= 0.3 is 5.97 Å². The first-order valence-electron chi connectivity index (χ1n) is 5.29. The van der Waals surface area contributed by atoms with E-state index in [-0.39, 0.29) is 11.3 Å². The number of aryl methyl sites for hydroxylation is 2. The summed E-state index contributed by atoms with van der Waals surface area (Å²) in [5.41, 5.74) is 2.72. The predicted molar refractivity (Wildman–Crippen MR) is 64.7 cm³/mol. The number of H-pyrrole nitrogens is 1. The molecule has 88 valence electrons. The number of ketones is 1. The molecule has 0 aliphatic rings. The molecule has 2 N–H and O–H groups in total. The van der Waals surface area contributed by atoms with Crippen molar-refractivity contribution < 1.29 is 14.7 Å². The maximum atomic E-state index is 11.5. The molecule has 4 nitrogen and oxygen atoms in total. The fourth-order valence-corrected chi connectivity index (χ4v) is 2.23. The molecule has 0 spiro atoms. The maximum absolute atomic E-state index is 11.5. The summed E-state index contributed by atoms with van der Waals surface area (Å²) in [6.45, 7) is 5.00. The number of rotatable bonds is 2. The van der Waals surface area contributed by atoms with Gasteiger partial charge in [0.25, 0.3) is 0 Å². The summed E-state index contributed by atoms with van der Waals surface area (Å²) in [6, 6.07) is 3.52. The number of aromatic carboxylic acids is 1. The Bertz CT molecular complexity index is 638. The lowest BCUT2D eigenvalue weighted by Gasteiger charge is -2.02. The van der Waals surface area contributed by atoms with Gasteiger partial charge < -0.3 is 10.1 Å². The van der Waals surface area contributed by atoms with Gasteiger partial charge in [0, 0.05) is 16.6 Å². The molecular weight excluding hydrogens is 218 g/mol. The van der Waals surface area contributed by atoms with E-state index in [1.54, 1.807) is 26.0 Å². The van der Waals surface area contributed by atoms with E-state index in [4.69, 9.17) is 0 Å². The average Bonchev–Trinajstić information content (AvgIpc) is 2.52. The fraction of sp³-hybridized carbons (Fsp3) is 0.231. The molecule has 0 aliphatic heterocycles. The van der Waals surface area contributed by atoms with Crippen molar-refractivity contribution in [1.29, 1.82) is 0 Å². The Morgan fingerprint density at radius 2 is 1.82 bits per heavy atom. The Morgan fingerprint density at radius 1 is 1.18 bits per heavy atom. The first-order valence-corrected chi connectivity index (χ1v) is 5.29. The second-order valence-corrected chi connectivity index (χ2v) is 4.17. The molecule has 0 radical (unpaired) electrons. The van der Waals surface area contributed by atoms with Crippen LogP contribution in [0.4, 0.5) is 0 Å². The molecule has 0 atom stereocenters. The molecule has 2 aromatic rings. The minimum Gasteiger partial charge on any atom is -0.478 e. The molecule has 1 heterocycles. The second kappa shape index (κ2) is 3.73. The zero-order valence-corrected chi connectivity index (χ0v) is 9.92. The highest BCUT2D eigenvalue weighted by atomic mass is 16.4. The van der Waals surface area contributed by atoms with Crippen LogP contribution in [0.5, 0.6) is 0 Å². The van der Waals surface area contributed by atoms with Crippen molar-refractivity contribution in [2.24, 2.45) is 0 Å². The smallest absolute Gasteiger partial charge is 0.338 e. The van der Waals surface area contributed by atoms with Crippen LogP contribution < -0.4 is 0 Å². The quantitative estimate of drug-likeness (QED) is 0.780. The number of nitrogens with one attached hydrogen (secondary N) is 1. The van der Waals surface area contributed by atoms with E-state index in [2.05, 4.69) is 4.98 Å². The molecular formula is C13H13NO3. The maximum Gasteiger partial charge on any atom is 0.338 e. The largest absolute Gasteiger partial charge is 0.478 e. The minimum absolute atomic E-state index is 0.0612. The minimum atomic E-state index is -0.982. The summed E-state index contributed by atoms with van der Waals surface area (Å²) >= 11 is 0. The molecule has 1 aromatic heterocycles. The van der Waals surface area contributed by atoms with Gasteiger partial charge in [-0.3, -0.25) is 4.79 Å². The summed E-state index contributed by atoms with van der Waals surface area (Å²) in [4.78, 5) is 25.8. The van der Waals surface area contributed by atoms with Crippen LogP contribution in [0.25, 0.3) is 10.9 Å². The Hall–Kier alpha value is -2.10. The van der Waals surface area contributed by atoms with Crippen molar-refractivity contribution in [3.8, 4) is 0 Å². The molecule has 0 unspecified atom stereocenters. The summed E-state index contributed by atoms with van der Waals surface area (Å²) in [7, 11) is 0. The summed E-state index contributed by atoms with van der Waals surface area (Å²) in [6.07, 6.45) is 0. The van der Waals surface area contributed by atoms with Gasteiger partial charge in [0.2, 0.25) is 0 Å². The number of carboxylic acid groups (broad SMARTS) is 1. The Morgan fingerprint density at radius 3 is 2.35 bits per heavy atom. The van der Waals surface area contributed by atoms with Gasteiger partial charge in [-0.25, -0.2) is 4.79 Å². The van der Waals surface area contributed by atoms with Crippen molar-refractivity contribution in [3.63, 3.8) is 0 Å². The number of hydrogen-bond donors (Lipinski definition) is 2. The molecule has 2 rings (SSSR count). The lowest BCUT2D eigenvalue weighted by atomic mass is 10.0. The van der Waals surface area contributed by atoms with Gasteiger partial charge in [-0.05, 0) is 26.3 Å². The van der Waals surface area contributed by atoms with Gasteiger partial charge in [-0.1, -0.05) is 12.1 Å². The normalized spacial score (nSPS) is 10.8. The first kappa shape index (κ1) is 11.4. The van der Waals surface area contributed by atoms with Crippen LogP contribution in [0.1, 0.15) is 38.9 Å². The van der Waals surface area contributed by atoms with E-state index in [1.165, 1.54) is 6.92 Å². The van der Waals surface area contributed by atoms with Crippen molar-refractivity contribution >= 4 is 22.7 Å². The van der Waals surface area contributed by atoms with Crippen molar-refractivity contribution in [3.05, 3.63) is 34.5 Å². The number of Topliss-reactive ketones (excluding diaryl/α,β-unsaturated/α-hetero) is 1. The number of carbonyl (C=O) groups excluding carboxylic acids is 1. The van der Waals surface area contributed by atoms with Crippen molar-refractivity contribution in [1.82, 2.24) is 4.98 Å². The third-order valence-electron chi connectivity index (χ3n) is 2.94. The summed E-state index contributed by atoms with van der Waals surface area (Å²) in [5, 5.41) is 9.88. The monoisotopic (exact) mass is 231 g/mol. The number of hydrogen-bond acceptors (Lipinski definition) is 2. The molecule has 0 bridgehead atoms. The molecule has 0 amide bonds. The van der Waals surface area contributed by atoms with Crippen LogP contribution in [0.2, 0.25) is 0 Å². The van der Waals surface area contributed by atoms with Crippen LogP contribution in [-0.4, -0.2) is 21.8 Å². The topological polar surface area (TPSA) is 70.2 Å². The van der Waals surface area contributed by atoms with Crippen LogP contribution in [0.15, 0.2) is 12.1 Å². The molecule has 1 aromatic carbocycles. The number of fused-ring (bicyclic) bond motifs is 1. The van der Waals surface area contributed by atoms with E-state index >= 15 is 0 Å². The second-order valence-electron chi connectivity index (χ2n) is 4.17. The lowest BCUT2D eigenvalue weighted by molar-refractivity contribution is 0.0698. The van der Waals surface area contributed by atoms with Crippen molar-refractivity contribution in [2.45, 2.75) is 20.8 Å². The van der Waals surface area contributed by atoms with Gasteiger partial charge in [0.1, 0.15) is 0 Å². The third kappa shape index (κ3) is 1.62. The zero-order chi connectivity index (χ0) is 12.7. The molecule has 0 saturated carbocycles. The number of carboxylic acids is 1. The summed E-state index contributed by atoms with van der Waals surface area (Å²) < 4.78 is 0. The fourth-order valence-electron chi connectivity index (χ4n) is 2.23. The molecule has 0 aliphatic carbocycles. The first-order chi connectivity index (χ1) is 7.93. The molecule has 17 heavy (non-hydrogen) atoms. The number of carbonyl (C=O) groups is 2. The highest BCUT2D eigenvalue weighted by Crippen LogP contribution is 2.27. The van der Waals surface area contributed by atoms with Crippen LogP contribution >= 0.6 is 0 Å². The Balaban J connectivity index is 2.94. The zero-order valence-electron chi connectivity index (χ0n) is 9.92. The van der Waals surface area contributed by atoms with E-state index in [0.29, 0.717) is 27.7 Å². The third-order valence-corrected chi connectivity index (χ3v) is 2.94. The van der Waals surface area contributed by atoms with E-state index in [0.717, 1.165) is 0 Å². The lowest BCUT2D eigenvalue weighted by Crippen LogP contribution is -2.01. The van der Waals surface area contributed by atoms with Gasteiger partial charge in [0.05, 0.1) is 11.1 Å².